The largest absolute Gasteiger partial charge is 0.377 e. The maximum atomic E-state index is 12.7. The van der Waals surface area contributed by atoms with Gasteiger partial charge in [-0.05, 0) is 37.8 Å². The number of rotatable bonds is 7. The molecule has 1 N–H and O–H groups in total. The number of nitrogens with one attached hydrogen (secondary N) is 1. The van der Waals surface area contributed by atoms with E-state index in [-0.39, 0.29) is 35.9 Å². The zero-order chi connectivity index (χ0) is 21.3. The summed E-state index contributed by atoms with van der Waals surface area (Å²) in [5.74, 6) is 1.20. The monoisotopic (exact) mass is 543 g/mol. The van der Waals surface area contributed by atoms with Gasteiger partial charge in [0.1, 0.15) is 0 Å². The number of guanidine groups is 1. The summed E-state index contributed by atoms with van der Waals surface area (Å²) >= 11 is 0. The molecule has 174 valence electrons. The summed E-state index contributed by atoms with van der Waals surface area (Å²) < 4.78 is 5.60. The van der Waals surface area contributed by atoms with Gasteiger partial charge in [0.2, 0.25) is 5.91 Å². The Balaban J connectivity index is 0.00000341. The number of nitrogens with zero attached hydrogens (tertiary/aromatic N) is 4. The predicted molar refractivity (Wildman–Crippen MR) is 136 cm³/mol. The third-order valence-corrected chi connectivity index (χ3v) is 6.17. The summed E-state index contributed by atoms with van der Waals surface area (Å²) in [6.45, 7) is 11.5. The fourth-order valence-corrected chi connectivity index (χ4v) is 4.27. The minimum absolute atomic E-state index is 0. The van der Waals surface area contributed by atoms with Crippen LogP contribution in [0, 0.1) is 0 Å². The molecule has 1 amide bonds. The molecule has 0 bridgehead atoms. The fraction of sp³-hybridized carbons (Fsp3) is 0.652. The van der Waals surface area contributed by atoms with Gasteiger partial charge in [0.05, 0.1) is 12.6 Å². The highest BCUT2D eigenvalue weighted by atomic mass is 127. The first-order chi connectivity index (χ1) is 14.6. The molecule has 1 aromatic rings. The summed E-state index contributed by atoms with van der Waals surface area (Å²) in [7, 11) is 1.83. The van der Waals surface area contributed by atoms with E-state index in [4.69, 9.17) is 4.74 Å². The topological polar surface area (TPSA) is 60.4 Å². The summed E-state index contributed by atoms with van der Waals surface area (Å²) in [5, 5.41) is 3.51. The van der Waals surface area contributed by atoms with Crippen molar-refractivity contribution in [3.8, 4) is 0 Å². The SMILES string of the molecule is CCOCc1ccccc1CNC(=NC)N1CCN(C(C)C(=O)N2CCCC2)CC1.I. The van der Waals surface area contributed by atoms with Gasteiger partial charge in [-0.15, -0.1) is 24.0 Å². The van der Waals surface area contributed by atoms with E-state index >= 15 is 0 Å². The van der Waals surface area contributed by atoms with Crippen LogP contribution in [0.3, 0.4) is 0 Å². The van der Waals surface area contributed by atoms with Gasteiger partial charge in [0.15, 0.2) is 5.96 Å². The molecule has 0 aliphatic carbocycles. The van der Waals surface area contributed by atoms with E-state index < -0.39 is 0 Å². The van der Waals surface area contributed by atoms with Crippen molar-refractivity contribution < 1.29 is 9.53 Å². The van der Waals surface area contributed by atoms with Crippen molar-refractivity contribution in [3.63, 3.8) is 0 Å². The second-order valence-electron chi connectivity index (χ2n) is 8.04. The van der Waals surface area contributed by atoms with E-state index in [1.165, 1.54) is 11.1 Å². The van der Waals surface area contributed by atoms with E-state index in [2.05, 4.69) is 51.3 Å². The molecular formula is C23H38IN5O2. The second-order valence-corrected chi connectivity index (χ2v) is 8.04. The summed E-state index contributed by atoms with van der Waals surface area (Å²) in [6.07, 6.45) is 2.28. The van der Waals surface area contributed by atoms with Crippen molar-refractivity contribution in [1.29, 1.82) is 0 Å². The van der Waals surface area contributed by atoms with Crippen LogP contribution in [-0.2, 0) is 22.7 Å². The van der Waals surface area contributed by atoms with Gasteiger partial charge in [-0.25, -0.2) is 0 Å². The van der Waals surface area contributed by atoms with Gasteiger partial charge in [-0.1, -0.05) is 24.3 Å². The molecule has 0 saturated carbocycles. The molecule has 7 nitrogen and oxygen atoms in total. The number of likely N-dealkylation sites (tertiary alicyclic amines) is 1. The van der Waals surface area contributed by atoms with Gasteiger partial charge >= 0.3 is 0 Å². The molecular weight excluding hydrogens is 505 g/mol. The molecule has 0 aromatic heterocycles. The molecule has 1 aromatic carbocycles. The van der Waals surface area contributed by atoms with Gasteiger partial charge in [0.25, 0.3) is 0 Å². The van der Waals surface area contributed by atoms with Crippen LogP contribution in [0.15, 0.2) is 29.3 Å². The molecule has 0 radical (unpaired) electrons. The number of piperazine rings is 1. The van der Waals surface area contributed by atoms with Crippen LogP contribution in [0.2, 0.25) is 0 Å². The smallest absolute Gasteiger partial charge is 0.239 e. The lowest BCUT2D eigenvalue weighted by molar-refractivity contribution is -0.135. The maximum Gasteiger partial charge on any atom is 0.239 e. The number of carbonyl (C=O) groups excluding carboxylic acids is 1. The lowest BCUT2D eigenvalue weighted by Gasteiger charge is -2.39. The number of amides is 1. The van der Waals surface area contributed by atoms with Gasteiger partial charge in [0, 0.05) is 59.5 Å². The first-order valence-electron chi connectivity index (χ1n) is 11.3. The number of ether oxygens (including phenoxy) is 1. The van der Waals surface area contributed by atoms with Gasteiger partial charge in [-0.3, -0.25) is 14.7 Å². The molecule has 1 atom stereocenters. The second kappa shape index (κ2) is 13.2. The Labute approximate surface area is 204 Å². The van der Waals surface area contributed by atoms with Crippen LogP contribution in [-0.4, -0.2) is 85.5 Å². The van der Waals surface area contributed by atoms with Gasteiger partial charge in [-0.2, -0.15) is 0 Å². The number of hydrogen-bond donors (Lipinski definition) is 1. The van der Waals surface area contributed by atoms with E-state index in [0.29, 0.717) is 13.2 Å². The number of benzene rings is 1. The Kier molecular flexibility index (Phi) is 11.0. The molecule has 2 heterocycles. The quantitative estimate of drug-likeness (QED) is 0.326. The van der Waals surface area contributed by atoms with Crippen LogP contribution in [0.25, 0.3) is 0 Å². The standard InChI is InChI=1S/C23H37N5O2.HI/c1-4-30-18-21-10-6-5-9-20(21)17-25-23(24-3)28-15-13-26(14-16-28)19(2)22(29)27-11-7-8-12-27;/h5-6,9-10,19H,4,7-8,11-18H2,1-3H3,(H,24,25);1H. The van der Waals surface area contributed by atoms with Gasteiger partial charge < -0.3 is 19.9 Å². The molecule has 8 heteroatoms. The van der Waals surface area contributed by atoms with Crippen LogP contribution in [0.5, 0.6) is 0 Å². The Bertz CT molecular complexity index is 716. The van der Waals surface area contributed by atoms with Crippen LogP contribution < -0.4 is 5.32 Å². The highest BCUT2D eigenvalue weighted by Crippen LogP contribution is 2.14. The van der Waals surface area contributed by atoms with Crippen molar-refractivity contribution in [1.82, 2.24) is 20.0 Å². The summed E-state index contributed by atoms with van der Waals surface area (Å²) in [6, 6.07) is 8.33. The Morgan fingerprint density at radius 2 is 1.71 bits per heavy atom. The van der Waals surface area contributed by atoms with Crippen LogP contribution >= 0.6 is 24.0 Å². The highest BCUT2D eigenvalue weighted by Gasteiger charge is 2.30. The lowest BCUT2D eigenvalue weighted by atomic mass is 10.1. The molecule has 0 spiro atoms. The number of aliphatic imine (C=N–C) groups is 1. The molecule has 2 fully saturated rings. The lowest BCUT2D eigenvalue weighted by Crippen LogP contribution is -2.57. The van der Waals surface area contributed by atoms with E-state index in [1.807, 2.05) is 18.9 Å². The molecule has 2 aliphatic rings. The number of carbonyl (C=O) groups is 1. The maximum absolute atomic E-state index is 12.7. The number of halogens is 1. The van der Waals surface area contributed by atoms with Crippen molar-refractivity contribution in [3.05, 3.63) is 35.4 Å². The van der Waals surface area contributed by atoms with Crippen LogP contribution in [0.4, 0.5) is 0 Å². The molecule has 1 unspecified atom stereocenters. The molecule has 2 saturated heterocycles. The zero-order valence-corrected chi connectivity index (χ0v) is 21.5. The third-order valence-electron chi connectivity index (χ3n) is 6.17. The van der Waals surface area contributed by atoms with Crippen molar-refractivity contribution in [2.45, 2.75) is 45.9 Å². The van der Waals surface area contributed by atoms with Crippen molar-refractivity contribution in [2.24, 2.45) is 4.99 Å². The fourth-order valence-electron chi connectivity index (χ4n) is 4.27. The third kappa shape index (κ3) is 7.05. The molecule has 31 heavy (non-hydrogen) atoms. The van der Waals surface area contributed by atoms with Crippen LogP contribution in [0.1, 0.15) is 37.8 Å². The zero-order valence-electron chi connectivity index (χ0n) is 19.2. The Hall–Kier alpha value is -1.39. The van der Waals surface area contributed by atoms with Crippen molar-refractivity contribution in [2.75, 3.05) is 52.9 Å². The van der Waals surface area contributed by atoms with E-state index in [0.717, 1.165) is 64.6 Å². The average molecular weight is 543 g/mol. The number of hydrogen-bond acceptors (Lipinski definition) is 4. The average Bonchev–Trinajstić information content (AvgIpc) is 3.33. The minimum Gasteiger partial charge on any atom is -0.377 e. The van der Waals surface area contributed by atoms with Crippen molar-refractivity contribution >= 4 is 35.8 Å². The Morgan fingerprint density at radius 3 is 2.32 bits per heavy atom. The summed E-state index contributed by atoms with van der Waals surface area (Å²) in [4.78, 5) is 23.8. The molecule has 2 aliphatic heterocycles. The first-order valence-corrected chi connectivity index (χ1v) is 11.3. The highest BCUT2D eigenvalue weighted by molar-refractivity contribution is 14.0. The van der Waals surface area contributed by atoms with E-state index in [1.54, 1.807) is 0 Å². The summed E-state index contributed by atoms with van der Waals surface area (Å²) in [5.41, 5.74) is 2.44. The predicted octanol–water partition coefficient (Wildman–Crippen LogP) is 2.55. The van der Waals surface area contributed by atoms with E-state index in [9.17, 15) is 4.79 Å². The normalized spacial score (nSPS) is 18.6. The molecule has 3 rings (SSSR count). The first kappa shape index (κ1) is 25.9. The Morgan fingerprint density at radius 1 is 1.06 bits per heavy atom. The minimum atomic E-state index is -0.0364.